The molecular weight excluding hydrogens is 218 g/mol. The summed E-state index contributed by atoms with van der Waals surface area (Å²) in [6.07, 6.45) is 5.62. The number of anilines is 1. The highest BCUT2D eigenvalue weighted by Gasteiger charge is 2.01. The summed E-state index contributed by atoms with van der Waals surface area (Å²) in [5.74, 6) is 1.03. The maximum atomic E-state index is 5.86. The van der Waals surface area contributed by atoms with Gasteiger partial charge in [-0.1, -0.05) is 6.07 Å². The van der Waals surface area contributed by atoms with Crippen molar-refractivity contribution in [2.75, 3.05) is 11.5 Å². The molecule has 0 aliphatic rings. The van der Waals surface area contributed by atoms with Crippen molar-refractivity contribution >= 4 is 17.4 Å². The van der Waals surface area contributed by atoms with E-state index in [0.717, 1.165) is 18.0 Å². The Kier molecular flexibility index (Phi) is 3.51. The van der Waals surface area contributed by atoms with Gasteiger partial charge in [0.2, 0.25) is 0 Å². The second-order valence-corrected chi connectivity index (χ2v) is 4.76. The molecule has 0 saturated heterocycles. The lowest BCUT2D eigenvalue weighted by Gasteiger charge is -2.07. The molecule has 0 aliphatic carbocycles. The molecule has 3 nitrogen and oxygen atoms in total. The topological polar surface area (TPSA) is 43.8 Å². The molecule has 84 valence electrons. The van der Waals surface area contributed by atoms with Crippen molar-refractivity contribution in [3.8, 4) is 0 Å². The molecular formula is C12H15N3S. The summed E-state index contributed by atoms with van der Waals surface area (Å²) >= 11 is 1.83. The molecule has 0 unspecified atom stereocenters. The summed E-state index contributed by atoms with van der Waals surface area (Å²) in [5, 5.41) is 0. The van der Waals surface area contributed by atoms with Gasteiger partial charge in [0.25, 0.3) is 0 Å². The summed E-state index contributed by atoms with van der Waals surface area (Å²) in [6, 6.07) is 6.06. The first-order valence-corrected chi connectivity index (χ1v) is 6.19. The van der Waals surface area contributed by atoms with Crippen LogP contribution < -0.4 is 5.73 Å². The molecule has 16 heavy (non-hydrogen) atoms. The normalized spacial score (nSPS) is 10.6. The Balaban J connectivity index is 1.92. The largest absolute Gasteiger partial charge is 0.398 e. The number of nitrogens with two attached hydrogens (primary N) is 1. The maximum absolute atomic E-state index is 5.86. The van der Waals surface area contributed by atoms with Gasteiger partial charge in [0.05, 0.1) is 6.33 Å². The summed E-state index contributed by atoms with van der Waals surface area (Å²) in [4.78, 5) is 5.28. The minimum absolute atomic E-state index is 0.868. The fraction of sp³-hybridized carbons (Fsp3) is 0.250. The number of nitrogen functional groups attached to an aromatic ring is 1. The number of rotatable bonds is 4. The molecule has 0 amide bonds. The molecule has 1 heterocycles. The molecule has 0 spiro atoms. The minimum atomic E-state index is 0.868. The molecule has 0 fully saturated rings. The van der Waals surface area contributed by atoms with Crippen molar-refractivity contribution in [3.63, 3.8) is 0 Å². The number of aromatic nitrogens is 2. The van der Waals surface area contributed by atoms with E-state index >= 15 is 0 Å². The van der Waals surface area contributed by atoms with E-state index in [1.165, 1.54) is 10.5 Å². The van der Waals surface area contributed by atoms with Crippen LogP contribution in [0.25, 0.3) is 0 Å². The van der Waals surface area contributed by atoms with Crippen LogP contribution in [0.15, 0.2) is 41.8 Å². The highest BCUT2D eigenvalue weighted by Crippen LogP contribution is 2.26. The van der Waals surface area contributed by atoms with E-state index in [1.54, 1.807) is 6.20 Å². The Morgan fingerprint density at radius 2 is 2.31 bits per heavy atom. The van der Waals surface area contributed by atoms with Crippen LogP contribution in [0.2, 0.25) is 0 Å². The third-order valence-electron chi connectivity index (χ3n) is 2.49. The fourth-order valence-electron chi connectivity index (χ4n) is 1.47. The molecule has 0 aliphatic heterocycles. The van der Waals surface area contributed by atoms with E-state index in [-0.39, 0.29) is 0 Å². The van der Waals surface area contributed by atoms with Gasteiger partial charge in [-0.15, -0.1) is 11.8 Å². The third-order valence-corrected chi connectivity index (χ3v) is 3.63. The Hall–Kier alpha value is -1.42. The van der Waals surface area contributed by atoms with Gasteiger partial charge in [-0.2, -0.15) is 0 Å². The molecule has 0 atom stereocenters. The van der Waals surface area contributed by atoms with Crippen molar-refractivity contribution < 1.29 is 0 Å². The molecule has 4 heteroatoms. The standard InChI is InChI=1S/C12H15N3S/c1-10-11(13)3-2-4-12(10)16-8-7-15-6-5-14-9-15/h2-6,9H,7-8,13H2,1H3. The van der Waals surface area contributed by atoms with Crippen molar-refractivity contribution in [2.45, 2.75) is 18.4 Å². The summed E-state index contributed by atoms with van der Waals surface area (Å²) < 4.78 is 2.08. The highest BCUT2D eigenvalue weighted by molar-refractivity contribution is 7.99. The van der Waals surface area contributed by atoms with Crippen LogP contribution in [-0.2, 0) is 6.54 Å². The fourth-order valence-corrected chi connectivity index (χ4v) is 2.50. The Bertz CT molecular complexity index is 451. The van der Waals surface area contributed by atoms with Gasteiger partial charge in [0, 0.05) is 35.3 Å². The van der Waals surface area contributed by atoms with Gasteiger partial charge in [0.1, 0.15) is 0 Å². The van der Waals surface area contributed by atoms with Crippen molar-refractivity contribution in [1.29, 1.82) is 0 Å². The zero-order chi connectivity index (χ0) is 11.4. The van der Waals surface area contributed by atoms with Crippen molar-refractivity contribution in [2.24, 2.45) is 0 Å². The van der Waals surface area contributed by atoms with Crippen LogP contribution in [0.5, 0.6) is 0 Å². The Labute approximate surface area is 99.7 Å². The maximum Gasteiger partial charge on any atom is 0.0946 e. The molecule has 0 radical (unpaired) electrons. The van der Waals surface area contributed by atoms with Crippen LogP contribution in [0, 0.1) is 6.92 Å². The smallest absolute Gasteiger partial charge is 0.0946 e. The Morgan fingerprint density at radius 3 is 3.06 bits per heavy atom. The second-order valence-electron chi connectivity index (χ2n) is 3.62. The predicted octanol–water partition coefficient (Wildman–Crippen LogP) is 2.57. The van der Waals surface area contributed by atoms with Crippen LogP contribution in [-0.4, -0.2) is 15.3 Å². The van der Waals surface area contributed by atoms with E-state index in [1.807, 2.05) is 36.4 Å². The first kappa shape index (κ1) is 11.1. The number of imidazole rings is 1. The van der Waals surface area contributed by atoms with Crippen molar-refractivity contribution in [1.82, 2.24) is 9.55 Å². The number of hydrogen-bond donors (Lipinski definition) is 1. The Morgan fingerprint density at radius 1 is 1.44 bits per heavy atom. The van der Waals surface area contributed by atoms with Crippen LogP contribution in [0.1, 0.15) is 5.56 Å². The van der Waals surface area contributed by atoms with Gasteiger partial charge < -0.3 is 10.3 Å². The van der Waals surface area contributed by atoms with Crippen LogP contribution in [0.3, 0.4) is 0 Å². The predicted molar refractivity (Wildman–Crippen MR) is 68.5 cm³/mol. The molecule has 2 aromatic rings. The second kappa shape index (κ2) is 5.07. The molecule has 2 rings (SSSR count). The van der Waals surface area contributed by atoms with Crippen molar-refractivity contribution in [3.05, 3.63) is 42.5 Å². The lowest BCUT2D eigenvalue weighted by atomic mass is 10.2. The summed E-state index contributed by atoms with van der Waals surface area (Å²) in [7, 11) is 0. The quantitative estimate of drug-likeness (QED) is 0.652. The zero-order valence-corrected chi connectivity index (χ0v) is 10.1. The van der Waals surface area contributed by atoms with Gasteiger partial charge in [-0.25, -0.2) is 4.98 Å². The van der Waals surface area contributed by atoms with E-state index in [4.69, 9.17) is 5.73 Å². The van der Waals surface area contributed by atoms with Gasteiger partial charge in [-0.3, -0.25) is 0 Å². The monoisotopic (exact) mass is 233 g/mol. The number of nitrogens with zero attached hydrogens (tertiary/aromatic N) is 2. The molecule has 0 bridgehead atoms. The lowest BCUT2D eigenvalue weighted by Crippen LogP contribution is -1.97. The highest BCUT2D eigenvalue weighted by atomic mass is 32.2. The van der Waals surface area contributed by atoms with Crippen LogP contribution >= 0.6 is 11.8 Å². The zero-order valence-electron chi connectivity index (χ0n) is 9.26. The summed E-state index contributed by atoms with van der Waals surface area (Å²) in [6.45, 7) is 3.04. The third kappa shape index (κ3) is 2.58. The SMILES string of the molecule is Cc1c(N)cccc1SCCn1ccnc1. The minimum Gasteiger partial charge on any atom is -0.398 e. The van der Waals surface area contributed by atoms with Gasteiger partial charge in [-0.05, 0) is 24.6 Å². The number of aryl methyl sites for hydroxylation is 1. The van der Waals surface area contributed by atoms with Gasteiger partial charge >= 0.3 is 0 Å². The van der Waals surface area contributed by atoms with Gasteiger partial charge in [0.15, 0.2) is 0 Å². The number of hydrogen-bond acceptors (Lipinski definition) is 3. The van der Waals surface area contributed by atoms with E-state index in [9.17, 15) is 0 Å². The average Bonchev–Trinajstić information content (AvgIpc) is 2.77. The van der Waals surface area contributed by atoms with E-state index in [2.05, 4.69) is 22.5 Å². The average molecular weight is 233 g/mol. The molecule has 2 N–H and O–H groups in total. The number of benzene rings is 1. The van der Waals surface area contributed by atoms with E-state index in [0.29, 0.717) is 0 Å². The lowest BCUT2D eigenvalue weighted by molar-refractivity contribution is 0.770. The summed E-state index contributed by atoms with van der Waals surface area (Å²) in [5.41, 5.74) is 7.91. The molecule has 1 aromatic carbocycles. The first-order valence-electron chi connectivity index (χ1n) is 5.21. The van der Waals surface area contributed by atoms with E-state index < -0.39 is 0 Å². The first-order chi connectivity index (χ1) is 7.77. The van der Waals surface area contributed by atoms with Crippen LogP contribution in [0.4, 0.5) is 5.69 Å². The molecule has 0 saturated carbocycles. The molecule has 1 aromatic heterocycles. The number of thioether (sulfide) groups is 1.